The van der Waals surface area contributed by atoms with Gasteiger partial charge in [-0.1, -0.05) is 19.8 Å². The third-order valence-corrected chi connectivity index (χ3v) is 3.67. The van der Waals surface area contributed by atoms with Crippen molar-refractivity contribution in [2.24, 2.45) is 0 Å². The number of rotatable bonds is 7. The summed E-state index contributed by atoms with van der Waals surface area (Å²) in [5.74, 6) is 1.91. The van der Waals surface area contributed by atoms with Crippen LogP contribution in [0.15, 0.2) is 6.33 Å². The molecule has 6 heteroatoms. The average molecular weight is 280 g/mol. The Morgan fingerprint density at radius 3 is 2.50 bits per heavy atom. The van der Waals surface area contributed by atoms with Crippen LogP contribution in [0.1, 0.15) is 39.0 Å². The Hall–Kier alpha value is -1.56. The predicted molar refractivity (Wildman–Crippen MR) is 79.3 cm³/mol. The van der Waals surface area contributed by atoms with E-state index in [0.717, 1.165) is 38.6 Å². The summed E-state index contributed by atoms with van der Waals surface area (Å²) in [6, 6.07) is 0. The van der Waals surface area contributed by atoms with Gasteiger partial charge in [-0.3, -0.25) is 0 Å². The van der Waals surface area contributed by atoms with Crippen molar-refractivity contribution >= 4 is 11.6 Å². The number of ether oxygens (including phenoxy) is 1. The van der Waals surface area contributed by atoms with E-state index < -0.39 is 5.60 Å². The third kappa shape index (κ3) is 3.50. The van der Waals surface area contributed by atoms with Gasteiger partial charge in [0.2, 0.25) is 5.75 Å². The lowest BCUT2D eigenvalue weighted by atomic mass is 10.0. The molecule has 0 radical (unpaired) electrons. The minimum atomic E-state index is -0.618. The molecule has 1 aromatic heterocycles. The lowest BCUT2D eigenvalue weighted by Gasteiger charge is -2.23. The fourth-order valence-electron chi connectivity index (χ4n) is 2.52. The Balaban J connectivity index is 2.06. The van der Waals surface area contributed by atoms with Crippen LogP contribution in [0, 0.1) is 0 Å². The molecule has 0 amide bonds. The number of nitrogens with zero attached hydrogens (tertiary/aromatic N) is 2. The molecule has 0 spiro atoms. The van der Waals surface area contributed by atoms with Gasteiger partial charge in [0.15, 0.2) is 11.6 Å². The SMILES string of the molecule is CCCNc1ncnc(NCC2(O)CCCC2)c1OC. The molecule has 0 saturated heterocycles. The van der Waals surface area contributed by atoms with Crippen LogP contribution in [0.3, 0.4) is 0 Å². The highest BCUT2D eigenvalue weighted by molar-refractivity contribution is 5.63. The normalized spacial score (nSPS) is 16.9. The lowest BCUT2D eigenvalue weighted by molar-refractivity contribution is 0.0613. The summed E-state index contributed by atoms with van der Waals surface area (Å²) in [7, 11) is 1.60. The van der Waals surface area contributed by atoms with Gasteiger partial charge in [-0.25, -0.2) is 9.97 Å². The Kier molecular flexibility index (Phi) is 5.00. The van der Waals surface area contributed by atoms with Crippen molar-refractivity contribution in [3.05, 3.63) is 6.33 Å². The van der Waals surface area contributed by atoms with E-state index in [1.54, 1.807) is 7.11 Å². The molecule has 1 aromatic rings. The van der Waals surface area contributed by atoms with Crippen molar-refractivity contribution in [3.8, 4) is 5.75 Å². The number of hydrogen-bond acceptors (Lipinski definition) is 6. The van der Waals surface area contributed by atoms with Gasteiger partial charge in [-0.05, 0) is 19.3 Å². The van der Waals surface area contributed by atoms with E-state index in [1.165, 1.54) is 6.33 Å². The highest BCUT2D eigenvalue weighted by Crippen LogP contribution is 2.32. The third-order valence-electron chi connectivity index (χ3n) is 3.67. The van der Waals surface area contributed by atoms with E-state index in [4.69, 9.17) is 4.74 Å². The molecule has 0 atom stereocenters. The molecule has 1 heterocycles. The van der Waals surface area contributed by atoms with E-state index in [-0.39, 0.29) is 0 Å². The second-order valence-corrected chi connectivity index (χ2v) is 5.32. The van der Waals surface area contributed by atoms with E-state index in [0.29, 0.717) is 23.9 Å². The molecule has 1 fully saturated rings. The number of anilines is 2. The highest BCUT2D eigenvalue weighted by Gasteiger charge is 2.31. The lowest BCUT2D eigenvalue weighted by Crippen LogP contribution is -2.33. The van der Waals surface area contributed by atoms with E-state index in [1.807, 2.05) is 0 Å². The number of nitrogens with one attached hydrogen (secondary N) is 2. The van der Waals surface area contributed by atoms with Gasteiger partial charge in [0.25, 0.3) is 0 Å². The summed E-state index contributed by atoms with van der Waals surface area (Å²) in [6.45, 7) is 3.42. The van der Waals surface area contributed by atoms with E-state index in [2.05, 4.69) is 27.5 Å². The molecule has 0 bridgehead atoms. The molecule has 1 saturated carbocycles. The zero-order chi connectivity index (χ0) is 14.4. The molecule has 3 N–H and O–H groups in total. The minimum absolute atomic E-state index is 0.494. The van der Waals surface area contributed by atoms with Crippen LogP contribution >= 0.6 is 0 Å². The zero-order valence-electron chi connectivity index (χ0n) is 12.3. The van der Waals surface area contributed by atoms with Crippen LogP contribution in [-0.4, -0.2) is 40.9 Å². The summed E-state index contributed by atoms with van der Waals surface area (Å²) >= 11 is 0. The fraction of sp³-hybridized carbons (Fsp3) is 0.714. The summed E-state index contributed by atoms with van der Waals surface area (Å²) in [6.07, 6.45) is 6.37. The summed E-state index contributed by atoms with van der Waals surface area (Å²) in [5, 5.41) is 16.8. The Morgan fingerprint density at radius 1 is 1.25 bits per heavy atom. The number of hydrogen-bond donors (Lipinski definition) is 3. The van der Waals surface area contributed by atoms with Crippen molar-refractivity contribution in [3.63, 3.8) is 0 Å². The maximum absolute atomic E-state index is 10.4. The van der Waals surface area contributed by atoms with Gasteiger partial charge < -0.3 is 20.5 Å². The standard InChI is InChI=1S/C14H24N4O2/c1-3-8-15-12-11(20-2)13(18-10-17-12)16-9-14(19)6-4-5-7-14/h10,19H,3-9H2,1-2H3,(H2,15,16,17,18). The Bertz CT molecular complexity index is 433. The van der Waals surface area contributed by atoms with Crippen molar-refractivity contribution in [1.82, 2.24) is 9.97 Å². The monoisotopic (exact) mass is 280 g/mol. The first-order valence-corrected chi connectivity index (χ1v) is 7.27. The van der Waals surface area contributed by atoms with Crippen LogP contribution in [0.5, 0.6) is 5.75 Å². The molecule has 6 nitrogen and oxygen atoms in total. The molecule has 2 rings (SSSR count). The molecule has 0 unspecified atom stereocenters. The van der Waals surface area contributed by atoms with Crippen molar-refractivity contribution in [1.29, 1.82) is 0 Å². The topological polar surface area (TPSA) is 79.3 Å². The van der Waals surface area contributed by atoms with Crippen LogP contribution in [0.4, 0.5) is 11.6 Å². The molecule has 1 aliphatic rings. The molecule has 1 aliphatic carbocycles. The maximum Gasteiger partial charge on any atom is 0.204 e. The smallest absolute Gasteiger partial charge is 0.204 e. The predicted octanol–water partition coefficient (Wildman–Crippen LogP) is 2.02. The van der Waals surface area contributed by atoms with Crippen molar-refractivity contribution < 1.29 is 9.84 Å². The van der Waals surface area contributed by atoms with Crippen LogP contribution in [-0.2, 0) is 0 Å². The molecular weight excluding hydrogens is 256 g/mol. The van der Waals surface area contributed by atoms with Gasteiger partial charge >= 0.3 is 0 Å². The highest BCUT2D eigenvalue weighted by atomic mass is 16.5. The second kappa shape index (κ2) is 6.74. The quantitative estimate of drug-likeness (QED) is 0.709. The summed E-state index contributed by atoms with van der Waals surface area (Å²) in [4.78, 5) is 8.41. The first kappa shape index (κ1) is 14.8. The first-order valence-electron chi connectivity index (χ1n) is 7.27. The van der Waals surface area contributed by atoms with Gasteiger partial charge in [0, 0.05) is 13.1 Å². The number of methoxy groups -OCH3 is 1. The fourth-order valence-corrected chi connectivity index (χ4v) is 2.52. The van der Waals surface area contributed by atoms with Crippen molar-refractivity contribution in [2.75, 3.05) is 30.8 Å². The summed E-state index contributed by atoms with van der Waals surface area (Å²) < 4.78 is 5.39. The maximum atomic E-state index is 10.4. The zero-order valence-corrected chi connectivity index (χ0v) is 12.3. The molecule has 112 valence electrons. The minimum Gasteiger partial charge on any atom is -0.490 e. The van der Waals surface area contributed by atoms with Gasteiger partial charge in [0.1, 0.15) is 6.33 Å². The Labute approximate surface area is 120 Å². The van der Waals surface area contributed by atoms with Gasteiger partial charge in [-0.2, -0.15) is 0 Å². The van der Waals surface area contributed by atoms with Gasteiger partial charge in [-0.15, -0.1) is 0 Å². The van der Waals surface area contributed by atoms with Crippen LogP contribution in [0.2, 0.25) is 0 Å². The van der Waals surface area contributed by atoms with E-state index in [9.17, 15) is 5.11 Å². The molecule has 0 aromatic carbocycles. The van der Waals surface area contributed by atoms with Crippen molar-refractivity contribution in [2.45, 2.75) is 44.6 Å². The molecule has 20 heavy (non-hydrogen) atoms. The number of aliphatic hydroxyl groups is 1. The van der Waals surface area contributed by atoms with Crippen LogP contribution in [0.25, 0.3) is 0 Å². The van der Waals surface area contributed by atoms with Crippen LogP contribution < -0.4 is 15.4 Å². The summed E-state index contributed by atoms with van der Waals surface area (Å²) in [5.41, 5.74) is -0.618. The van der Waals surface area contributed by atoms with Gasteiger partial charge in [0.05, 0.1) is 12.7 Å². The Morgan fingerprint density at radius 2 is 1.90 bits per heavy atom. The average Bonchev–Trinajstić information content (AvgIpc) is 2.90. The second-order valence-electron chi connectivity index (χ2n) is 5.32. The van der Waals surface area contributed by atoms with E-state index >= 15 is 0 Å². The largest absolute Gasteiger partial charge is 0.490 e. The number of aromatic nitrogens is 2. The molecular formula is C14H24N4O2. The molecule has 0 aliphatic heterocycles. The first-order chi connectivity index (χ1) is 9.68.